The van der Waals surface area contributed by atoms with Gasteiger partial charge in [-0.2, -0.15) is 0 Å². The number of carbonyl (C=O) groups is 2. The van der Waals surface area contributed by atoms with Crippen LogP contribution in [0.3, 0.4) is 0 Å². The van der Waals surface area contributed by atoms with E-state index in [2.05, 4.69) is 11.9 Å². The molecule has 0 saturated carbocycles. The molecule has 0 unspecified atom stereocenters. The molecule has 0 aliphatic heterocycles. The van der Waals surface area contributed by atoms with E-state index in [4.69, 9.17) is 14.2 Å². The first kappa shape index (κ1) is 24.4. The average molecular weight is 433 g/mol. The lowest BCUT2D eigenvalue weighted by Crippen LogP contribution is -2.47. The standard InChI is InChI=1S/C23H32N2O6/c1-8-23(5,6)25-13-16(15-11-9-10-12-17(15)25)19(30-14-29-7)18(20(26)27)24-21(28)31-22(2,3)4/h8-13,18-19H,1,14H2,2-7H3,(H,24,28)(H,26,27)/t18-,19+/m0/s1. The zero-order chi connectivity index (χ0) is 23.4. The summed E-state index contributed by atoms with van der Waals surface area (Å²) in [6, 6.07) is 6.18. The average Bonchev–Trinajstić information content (AvgIpc) is 3.06. The number of amides is 1. The van der Waals surface area contributed by atoms with Crippen LogP contribution in [0, 0.1) is 0 Å². The fourth-order valence-corrected chi connectivity index (χ4v) is 3.22. The topological polar surface area (TPSA) is 99.0 Å². The maximum absolute atomic E-state index is 12.4. The molecule has 170 valence electrons. The molecular weight excluding hydrogens is 400 g/mol. The highest BCUT2D eigenvalue weighted by Gasteiger charge is 2.36. The number of carboxylic acids is 1. The zero-order valence-corrected chi connectivity index (χ0v) is 19.0. The van der Waals surface area contributed by atoms with Crippen molar-refractivity contribution in [2.45, 2.75) is 57.9 Å². The van der Waals surface area contributed by atoms with Crippen molar-refractivity contribution in [2.75, 3.05) is 13.9 Å². The summed E-state index contributed by atoms with van der Waals surface area (Å²) in [5.74, 6) is -1.26. The number of nitrogens with one attached hydrogen (secondary N) is 1. The number of allylic oxidation sites excluding steroid dienone is 1. The Labute approximate surface area is 182 Å². The Morgan fingerprint density at radius 1 is 1.23 bits per heavy atom. The maximum atomic E-state index is 12.4. The molecule has 0 spiro atoms. The summed E-state index contributed by atoms with van der Waals surface area (Å²) >= 11 is 0. The molecule has 0 bridgehead atoms. The van der Waals surface area contributed by atoms with Crippen molar-refractivity contribution in [1.82, 2.24) is 9.88 Å². The summed E-state index contributed by atoms with van der Waals surface area (Å²) in [6.07, 6.45) is 1.76. The third-order valence-electron chi connectivity index (χ3n) is 4.78. The minimum absolute atomic E-state index is 0.158. The SMILES string of the molecule is C=CC(C)(C)n1cc([C@@H](OCOC)[C@H](NC(=O)OC(C)(C)C)C(=O)O)c2ccccc21. The lowest BCUT2D eigenvalue weighted by Gasteiger charge is -2.27. The first-order valence-corrected chi connectivity index (χ1v) is 9.98. The van der Waals surface area contributed by atoms with E-state index in [0.717, 1.165) is 10.9 Å². The molecule has 0 aliphatic carbocycles. The fourth-order valence-electron chi connectivity index (χ4n) is 3.22. The Balaban J connectivity index is 2.59. The van der Waals surface area contributed by atoms with Crippen LogP contribution in [0.2, 0.25) is 0 Å². The van der Waals surface area contributed by atoms with Crippen LogP contribution in [0.5, 0.6) is 0 Å². The van der Waals surface area contributed by atoms with Gasteiger partial charge >= 0.3 is 12.1 Å². The Bertz CT molecular complexity index is 941. The molecule has 1 aromatic carbocycles. The van der Waals surface area contributed by atoms with E-state index in [9.17, 15) is 14.7 Å². The second kappa shape index (κ2) is 9.53. The lowest BCUT2D eigenvalue weighted by atomic mass is 10.0. The second-order valence-corrected chi connectivity index (χ2v) is 8.79. The van der Waals surface area contributed by atoms with E-state index >= 15 is 0 Å². The van der Waals surface area contributed by atoms with Crippen LogP contribution in [0.4, 0.5) is 4.79 Å². The van der Waals surface area contributed by atoms with Crippen molar-refractivity contribution in [3.8, 4) is 0 Å². The highest BCUT2D eigenvalue weighted by molar-refractivity contribution is 5.87. The largest absolute Gasteiger partial charge is 0.480 e. The van der Waals surface area contributed by atoms with Gasteiger partial charge in [0.05, 0.1) is 5.54 Å². The Hall–Kier alpha value is -2.84. The van der Waals surface area contributed by atoms with Crippen LogP contribution in [0.15, 0.2) is 43.1 Å². The van der Waals surface area contributed by atoms with Gasteiger partial charge < -0.3 is 29.2 Å². The molecule has 0 aliphatic rings. The number of rotatable bonds is 9. The molecule has 0 fully saturated rings. The third-order valence-corrected chi connectivity index (χ3v) is 4.78. The van der Waals surface area contributed by atoms with Gasteiger partial charge in [0.1, 0.15) is 18.5 Å². The van der Waals surface area contributed by atoms with Crippen LogP contribution in [0.25, 0.3) is 10.9 Å². The first-order chi connectivity index (χ1) is 14.4. The van der Waals surface area contributed by atoms with Gasteiger partial charge in [0, 0.05) is 29.8 Å². The Morgan fingerprint density at radius 3 is 2.42 bits per heavy atom. The van der Waals surface area contributed by atoms with Gasteiger partial charge in [-0.1, -0.05) is 24.3 Å². The van der Waals surface area contributed by atoms with Crippen LogP contribution < -0.4 is 5.32 Å². The number of nitrogens with zero attached hydrogens (tertiary/aromatic N) is 1. The number of carboxylic acid groups (broad SMARTS) is 1. The van der Waals surface area contributed by atoms with E-state index in [0.29, 0.717) is 5.56 Å². The van der Waals surface area contributed by atoms with Gasteiger partial charge in [-0.15, -0.1) is 6.58 Å². The number of ether oxygens (including phenoxy) is 3. The van der Waals surface area contributed by atoms with Crippen molar-refractivity contribution < 1.29 is 28.9 Å². The quantitative estimate of drug-likeness (QED) is 0.455. The number of hydrogen-bond acceptors (Lipinski definition) is 5. The normalized spacial score (nSPS) is 14.1. The number of aliphatic carboxylic acids is 1. The van der Waals surface area contributed by atoms with Crippen molar-refractivity contribution in [3.05, 3.63) is 48.7 Å². The first-order valence-electron chi connectivity index (χ1n) is 9.98. The number of benzene rings is 1. The highest BCUT2D eigenvalue weighted by atomic mass is 16.7. The molecule has 2 rings (SSSR count). The number of hydrogen-bond donors (Lipinski definition) is 2. The molecule has 0 saturated heterocycles. The van der Waals surface area contributed by atoms with Gasteiger partial charge in [-0.05, 0) is 40.7 Å². The molecule has 2 aromatic rings. The summed E-state index contributed by atoms with van der Waals surface area (Å²) in [5.41, 5.74) is 0.266. The van der Waals surface area contributed by atoms with Crippen molar-refractivity contribution >= 4 is 23.0 Å². The van der Waals surface area contributed by atoms with E-state index in [1.165, 1.54) is 7.11 Å². The summed E-state index contributed by atoms with van der Waals surface area (Å²) < 4.78 is 18.1. The van der Waals surface area contributed by atoms with E-state index in [1.807, 2.05) is 55.0 Å². The van der Waals surface area contributed by atoms with Crippen molar-refractivity contribution in [2.24, 2.45) is 0 Å². The predicted octanol–water partition coefficient (Wildman–Crippen LogP) is 4.20. The zero-order valence-electron chi connectivity index (χ0n) is 19.0. The van der Waals surface area contributed by atoms with Gasteiger partial charge in [-0.25, -0.2) is 9.59 Å². The number of alkyl carbamates (subject to hydrolysis) is 1. The van der Waals surface area contributed by atoms with Crippen molar-refractivity contribution in [3.63, 3.8) is 0 Å². The molecule has 2 N–H and O–H groups in total. The van der Waals surface area contributed by atoms with Gasteiger partial charge in [0.15, 0.2) is 6.04 Å². The summed E-state index contributed by atoms with van der Waals surface area (Å²) in [4.78, 5) is 24.5. The molecule has 1 heterocycles. The van der Waals surface area contributed by atoms with Crippen LogP contribution >= 0.6 is 0 Å². The summed E-state index contributed by atoms with van der Waals surface area (Å²) in [6.45, 7) is 12.9. The van der Waals surface area contributed by atoms with E-state index in [-0.39, 0.29) is 6.79 Å². The van der Waals surface area contributed by atoms with Gasteiger partial charge in [0.25, 0.3) is 0 Å². The summed E-state index contributed by atoms with van der Waals surface area (Å²) in [5, 5.41) is 13.2. The second-order valence-electron chi connectivity index (χ2n) is 8.79. The minimum Gasteiger partial charge on any atom is -0.480 e. The molecular formula is C23H32N2O6. The molecule has 1 aromatic heterocycles. The number of para-hydroxylation sites is 1. The minimum atomic E-state index is -1.41. The molecule has 1 amide bonds. The monoisotopic (exact) mass is 432 g/mol. The molecule has 8 heteroatoms. The third kappa shape index (κ3) is 5.86. The fraction of sp³-hybridized carbons (Fsp3) is 0.478. The van der Waals surface area contributed by atoms with Gasteiger partial charge in [-0.3, -0.25) is 0 Å². The molecule has 31 heavy (non-hydrogen) atoms. The summed E-state index contributed by atoms with van der Waals surface area (Å²) in [7, 11) is 1.44. The van der Waals surface area contributed by atoms with Gasteiger partial charge in [0.2, 0.25) is 0 Å². The lowest BCUT2D eigenvalue weighted by molar-refractivity contribution is -0.148. The Morgan fingerprint density at radius 2 is 1.87 bits per heavy atom. The van der Waals surface area contributed by atoms with E-state index in [1.54, 1.807) is 20.8 Å². The molecule has 8 nitrogen and oxygen atoms in total. The highest BCUT2D eigenvalue weighted by Crippen LogP contribution is 2.35. The number of methoxy groups -OCH3 is 1. The predicted molar refractivity (Wildman–Crippen MR) is 118 cm³/mol. The Kier molecular flexibility index (Phi) is 7.51. The van der Waals surface area contributed by atoms with E-state index < -0.39 is 35.3 Å². The number of fused-ring (bicyclic) bond motifs is 1. The van der Waals surface area contributed by atoms with Crippen LogP contribution in [0.1, 0.15) is 46.3 Å². The van der Waals surface area contributed by atoms with Crippen LogP contribution in [-0.4, -0.2) is 47.3 Å². The maximum Gasteiger partial charge on any atom is 0.408 e. The van der Waals surface area contributed by atoms with Crippen LogP contribution in [-0.2, 0) is 24.5 Å². The smallest absolute Gasteiger partial charge is 0.408 e. The van der Waals surface area contributed by atoms with Crippen molar-refractivity contribution in [1.29, 1.82) is 0 Å². The molecule has 0 radical (unpaired) electrons. The number of carbonyl (C=O) groups excluding carboxylic acids is 1. The molecule has 2 atom stereocenters. The number of aromatic nitrogens is 1.